The smallest absolute Gasteiger partial charge is 0.255 e. The lowest BCUT2D eigenvalue weighted by molar-refractivity contribution is -0.116. The highest BCUT2D eigenvalue weighted by atomic mass is 19.1. The summed E-state index contributed by atoms with van der Waals surface area (Å²) < 4.78 is 20.4. The zero-order valence-corrected chi connectivity index (χ0v) is 21.0. The number of nitrogens with zero attached hydrogens (tertiary/aromatic N) is 1. The van der Waals surface area contributed by atoms with E-state index in [4.69, 9.17) is 4.74 Å². The Morgan fingerprint density at radius 1 is 1.08 bits per heavy atom. The number of amides is 1. The first-order chi connectivity index (χ1) is 17.9. The molecule has 37 heavy (non-hydrogen) atoms. The molecule has 1 aliphatic heterocycles. The summed E-state index contributed by atoms with van der Waals surface area (Å²) in [5, 5.41) is 6.17. The van der Waals surface area contributed by atoms with E-state index < -0.39 is 17.6 Å². The molecule has 188 valence electrons. The number of pyridine rings is 1. The van der Waals surface area contributed by atoms with Crippen molar-refractivity contribution in [2.75, 3.05) is 12.4 Å². The fraction of sp³-hybridized carbons (Fsp3) is 0.233. The van der Waals surface area contributed by atoms with Crippen molar-refractivity contribution >= 4 is 17.5 Å². The number of nitrogens with one attached hydrogen (secondary N) is 2. The number of rotatable bonds is 5. The van der Waals surface area contributed by atoms with E-state index in [0.29, 0.717) is 34.6 Å². The molecule has 0 saturated heterocycles. The zero-order valence-electron chi connectivity index (χ0n) is 21.0. The Bertz CT molecular complexity index is 1440. The third kappa shape index (κ3) is 4.77. The average Bonchev–Trinajstić information content (AvgIpc) is 2.88. The van der Waals surface area contributed by atoms with E-state index in [2.05, 4.69) is 15.6 Å². The third-order valence-corrected chi connectivity index (χ3v) is 7.03. The van der Waals surface area contributed by atoms with Gasteiger partial charge in [0.2, 0.25) is 0 Å². The molecule has 0 fully saturated rings. The maximum atomic E-state index is 15.2. The summed E-state index contributed by atoms with van der Waals surface area (Å²) in [6, 6.07) is 17.6. The van der Waals surface area contributed by atoms with Crippen LogP contribution in [0.5, 0.6) is 5.75 Å². The van der Waals surface area contributed by atoms with Crippen molar-refractivity contribution in [3.63, 3.8) is 0 Å². The predicted molar refractivity (Wildman–Crippen MR) is 140 cm³/mol. The van der Waals surface area contributed by atoms with Crippen molar-refractivity contribution in [3.05, 3.63) is 112 Å². The summed E-state index contributed by atoms with van der Waals surface area (Å²) in [7, 11) is 1.61. The van der Waals surface area contributed by atoms with E-state index in [-0.39, 0.29) is 18.1 Å². The Morgan fingerprint density at radius 2 is 1.84 bits per heavy atom. The number of halogens is 1. The molecule has 1 aromatic heterocycles. The second-order valence-corrected chi connectivity index (χ2v) is 9.48. The van der Waals surface area contributed by atoms with E-state index in [1.165, 1.54) is 6.07 Å². The standard InChI is InChI=1S/C30H28FN3O3/c1-17-12-13-32-26(14-17)34-30(36)27-18(2)33-24-15-20(19-8-10-21(37-3)11-9-19)16-25(35)29(24)28(27)22-6-4-5-7-23(22)31/h4-14,20,28,33H,15-16H2,1-3H3,(H,32,34,36). The summed E-state index contributed by atoms with van der Waals surface area (Å²) in [5.41, 5.74) is 4.34. The molecular weight excluding hydrogens is 469 g/mol. The van der Waals surface area contributed by atoms with Crippen LogP contribution in [0.25, 0.3) is 0 Å². The quantitative estimate of drug-likeness (QED) is 0.484. The van der Waals surface area contributed by atoms with Gasteiger partial charge in [-0.2, -0.15) is 0 Å². The number of ketones is 1. The van der Waals surface area contributed by atoms with Crippen LogP contribution in [0.4, 0.5) is 10.2 Å². The van der Waals surface area contributed by atoms with Crippen LogP contribution in [0, 0.1) is 12.7 Å². The van der Waals surface area contributed by atoms with Crippen LogP contribution in [0.3, 0.4) is 0 Å². The van der Waals surface area contributed by atoms with Gasteiger partial charge in [0.25, 0.3) is 5.91 Å². The number of carbonyl (C=O) groups excluding carboxylic acids is 2. The minimum atomic E-state index is -0.827. The van der Waals surface area contributed by atoms with Crippen LogP contribution in [-0.2, 0) is 9.59 Å². The maximum absolute atomic E-state index is 15.2. The highest BCUT2D eigenvalue weighted by Gasteiger charge is 2.41. The minimum Gasteiger partial charge on any atom is -0.497 e. The van der Waals surface area contributed by atoms with Crippen molar-refractivity contribution in [1.29, 1.82) is 0 Å². The fourth-order valence-corrected chi connectivity index (χ4v) is 5.26. The van der Waals surface area contributed by atoms with E-state index in [9.17, 15) is 9.59 Å². The first kappa shape index (κ1) is 24.4. The Hall–Kier alpha value is -4.26. The van der Waals surface area contributed by atoms with Gasteiger partial charge >= 0.3 is 0 Å². The number of aryl methyl sites for hydroxylation is 1. The number of aromatic nitrogens is 1. The molecule has 2 heterocycles. The van der Waals surface area contributed by atoms with Gasteiger partial charge in [-0.05, 0) is 67.6 Å². The van der Waals surface area contributed by atoms with Crippen molar-refractivity contribution in [1.82, 2.24) is 10.3 Å². The van der Waals surface area contributed by atoms with Gasteiger partial charge < -0.3 is 15.4 Å². The van der Waals surface area contributed by atoms with Gasteiger partial charge in [0.1, 0.15) is 17.4 Å². The Morgan fingerprint density at radius 3 is 2.54 bits per heavy atom. The molecule has 6 nitrogen and oxygen atoms in total. The second kappa shape index (κ2) is 10.0. The molecule has 3 aromatic rings. The number of ether oxygens (including phenoxy) is 1. The number of anilines is 1. The molecule has 2 atom stereocenters. The summed E-state index contributed by atoms with van der Waals surface area (Å²) in [5.74, 6) is -0.705. The lowest BCUT2D eigenvalue weighted by Crippen LogP contribution is -2.37. The van der Waals surface area contributed by atoms with Crippen LogP contribution >= 0.6 is 0 Å². The fourth-order valence-electron chi connectivity index (χ4n) is 5.26. The minimum absolute atomic E-state index is 0.0365. The molecule has 5 rings (SSSR count). The van der Waals surface area contributed by atoms with Crippen molar-refractivity contribution in [2.24, 2.45) is 0 Å². The van der Waals surface area contributed by atoms with Crippen LogP contribution < -0.4 is 15.4 Å². The second-order valence-electron chi connectivity index (χ2n) is 9.48. The Labute approximate surface area is 215 Å². The largest absolute Gasteiger partial charge is 0.497 e. The topological polar surface area (TPSA) is 80.3 Å². The summed E-state index contributed by atoms with van der Waals surface area (Å²) in [6.07, 6.45) is 2.46. The Kier molecular flexibility index (Phi) is 6.61. The van der Waals surface area contributed by atoms with Gasteiger partial charge in [-0.1, -0.05) is 30.3 Å². The molecule has 1 aliphatic carbocycles. The number of allylic oxidation sites excluding steroid dienone is 3. The molecule has 0 spiro atoms. The molecule has 7 heteroatoms. The van der Waals surface area contributed by atoms with Crippen molar-refractivity contribution in [3.8, 4) is 5.75 Å². The van der Waals surface area contributed by atoms with Gasteiger partial charge in [-0.25, -0.2) is 9.37 Å². The molecule has 0 bridgehead atoms. The number of hydrogen-bond acceptors (Lipinski definition) is 5. The number of carbonyl (C=O) groups is 2. The molecule has 2 unspecified atom stereocenters. The van der Waals surface area contributed by atoms with Crippen LogP contribution in [0.15, 0.2) is 89.4 Å². The highest BCUT2D eigenvalue weighted by Crippen LogP contribution is 2.46. The van der Waals surface area contributed by atoms with Gasteiger partial charge in [0.05, 0.1) is 7.11 Å². The monoisotopic (exact) mass is 497 g/mol. The van der Waals surface area contributed by atoms with Crippen molar-refractivity contribution < 1.29 is 18.7 Å². The summed E-state index contributed by atoms with van der Waals surface area (Å²) >= 11 is 0. The van der Waals surface area contributed by atoms with E-state index in [1.54, 1.807) is 44.5 Å². The third-order valence-electron chi connectivity index (χ3n) is 7.03. The molecule has 1 amide bonds. The lowest BCUT2D eigenvalue weighted by Gasteiger charge is -2.37. The normalized spacial score (nSPS) is 19.3. The first-order valence-corrected chi connectivity index (χ1v) is 12.2. The predicted octanol–water partition coefficient (Wildman–Crippen LogP) is 5.54. The van der Waals surface area contributed by atoms with E-state index in [1.807, 2.05) is 37.3 Å². The zero-order chi connectivity index (χ0) is 26.1. The van der Waals surface area contributed by atoms with E-state index in [0.717, 1.165) is 22.6 Å². The van der Waals surface area contributed by atoms with Crippen molar-refractivity contribution in [2.45, 2.75) is 38.5 Å². The lowest BCUT2D eigenvalue weighted by atomic mass is 9.71. The number of benzene rings is 2. The van der Waals surface area contributed by atoms with Gasteiger partial charge in [-0.3, -0.25) is 9.59 Å². The Balaban J connectivity index is 1.55. The molecule has 2 aliphatic rings. The number of Topliss-reactive ketones (excluding diaryl/α,β-unsaturated/α-hetero) is 1. The number of hydrogen-bond donors (Lipinski definition) is 2. The van der Waals surface area contributed by atoms with E-state index >= 15 is 4.39 Å². The average molecular weight is 498 g/mol. The van der Waals surface area contributed by atoms with Crippen LogP contribution in [0.2, 0.25) is 0 Å². The molecule has 0 radical (unpaired) electrons. The molecule has 0 saturated carbocycles. The maximum Gasteiger partial charge on any atom is 0.255 e. The molecule has 2 aromatic carbocycles. The van der Waals surface area contributed by atoms with Gasteiger partial charge in [-0.15, -0.1) is 0 Å². The van der Waals surface area contributed by atoms with Gasteiger partial charge in [0, 0.05) is 46.6 Å². The van der Waals surface area contributed by atoms with Crippen LogP contribution in [-0.4, -0.2) is 23.8 Å². The van der Waals surface area contributed by atoms with Crippen LogP contribution in [0.1, 0.15) is 48.3 Å². The molecule has 2 N–H and O–H groups in total. The summed E-state index contributed by atoms with van der Waals surface area (Å²) in [6.45, 7) is 3.70. The number of methoxy groups -OCH3 is 1. The summed E-state index contributed by atoms with van der Waals surface area (Å²) in [4.78, 5) is 31.5. The highest BCUT2D eigenvalue weighted by molar-refractivity contribution is 6.09. The molecular formula is C30H28FN3O3. The van der Waals surface area contributed by atoms with Gasteiger partial charge in [0.15, 0.2) is 5.78 Å². The SMILES string of the molecule is COc1ccc(C2CC(=O)C3=C(C2)NC(C)=C(C(=O)Nc2cc(C)ccn2)C3c2ccccc2F)cc1. The first-order valence-electron chi connectivity index (χ1n) is 12.2. The number of dihydropyridines is 1.